The first kappa shape index (κ1) is 17.4. The third-order valence-electron chi connectivity index (χ3n) is 4.42. The van der Waals surface area contributed by atoms with E-state index in [-0.39, 0.29) is 0 Å². The van der Waals surface area contributed by atoms with Crippen LogP contribution in [0.3, 0.4) is 0 Å². The Morgan fingerprint density at radius 1 is 0.926 bits per heavy atom. The normalized spacial score (nSPS) is 11.7. The van der Waals surface area contributed by atoms with E-state index in [9.17, 15) is 0 Å². The van der Waals surface area contributed by atoms with Gasteiger partial charge in [-0.3, -0.25) is 5.43 Å². The van der Waals surface area contributed by atoms with Gasteiger partial charge in [-0.15, -0.1) is 0 Å². The Kier molecular flexibility index (Phi) is 4.95. The zero-order valence-electron chi connectivity index (χ0n) is 14.9. The molecule has 0 aliphatic carbocycles. The first-order chi connectivity index (χ1) is 13.2. The summed E-state index contributed by atoms with van der Waals surface area (Å²) in [5.41, 5.74) is 7.08. The van der Waals surface area contributed by atoms with Crippen molar-refractivity contribution < 1.29 is 4.42 Å². The fourth-order valence-corrected chi connectivity index (χ4v) is 3.05. The van der Waals surface area contributed by atoms with E-state index in [0.29, 0.717) is 5.02 Å². The molecule has 134 valence electrons. The number of nitrogens with one attached hydrogen (secondary N) is 1. The first-order valence-electron chi connectivity index (χ1n) is 8.90. The fourth-order valence-electron chi connectivity index (χ4n) is 2.92. The summed E-state index contributed by atoms with van der Waals surface area (Å²) in [4.78, 5) is 0. The Balaban J connectivity index is 1.88. The molecule has 0 bridgehead atoms. The summed E-state index contributed by atoms with van der Waals surface area (Å²) < 4.78 is 6.15. The zero-order valence-corrected chi connectivity index (χ0v) is 15.7. The molecule has 0 fully saturated rings. The summed E-state index contributed by atoms with van der Waals surface area (Å²) >= 11 is 6.02. The Morgan fingerprint density at radius 2 is 1.70 bits per heavy atom. The van der Waals surface area contributed by atoms with Crippen LogP contribution in [0.2, 0.25) is 5.02 Å². The van der Waals surface area contributed by atoms with Crippen LogP contribution < -0.4 is 10.8 Å². The molecule has 4 heteroatoms. The zero-order chi connectivity index (χ0) is 18.6. The second kappa shape index (κ2) is 7.68. The lowest BCUT2D eigenvalue weighted by atomic mass is 10.1. The number of rotatable bonds is 4. The molecule has 0 saturated heterocycles. The summed E-state index contributed by atoms with van der Waals surface area (Å²) in [5, 5.41) is 7.16. The van der Waals surface area contributed by atoms with Gasteiger partial charge in [0.25, 0.3) is 0 Å². The number of hydrogen-bond donors (Lipinski definition) is 1. The molecule has 0 radical (unpaired) electrons. The molecule has 0 saturated carbocycles. The molecule has 4 aromatic rings. The van der Waals surface area contributed by atoms with Gasteiger partial charge in [0.05, 0.1) is 11.0 Å². The highest BCUT2D eigenvalue weighted by atomic mass is 35.5. The van der Waals surface area contributed by atoms with Gasteiger partial charge in [-0.2, -0.15) is 5.10 Å². The van der Waals surface area contributed by atoms with Crippen LogP contribution in [0, 0.1) is 0 Å². The maximum Gasteiger partial charge on any atom is 0.136 e. The molecule has 27 heavy (non-hydrogen) atoms. The number of halogens is 1. The first-order valence-corrected chi connectivity index (χ1v) is 9.28. The fraction of sp³-hybridized carbons (Fsp3) is 0.0870. The lowest BCUT2D eigenvalue weighted by Crippen LogP contribution is -2.08. The average molecular weight is 375 g/mol. The molecule has 3 aromatic carbocycles. The van der Waals surface area contributed by atoms with Crippen molar-refractivity contribution in [1.29, 1.82) is 0 Å². The van der Waals surface area contributed by atoms with E-state index in [2.05, 4.69) is 29.6 Å². The van der Waals surface area contributed by atoms with Gasteiger partial charge in [-0.1, -0.05) is 42.8 Å². The van der Waals surface area contributed by atoms with Gasteiger partial charge in [-0.05, 0) is 60.5 Å². The van der Waals surface area contributed by atoms with Crippen molar-refractivity contribution in [2.24, 2.45) is 5.10 Å². The highest BCUT2D eigenvalue weighted by Gasteiger charge is 2.07. The molecule has 1 aromatic heterocycles. The number of hydrogen-bond acceptors (Lipinski definition) is 3. The molecule has 1 N–H and O–H groups in total. The van der Waals surface area contributed by atoms with E-state index in [1.165, 1.54) is 5.56 Å². The van der Waals surface area contributed by atoms with E-state index >= 15 is 0 Å². The average Bonchev–Trinajstić information content (AvgIpc) is 2.72. The summed E-state index contributed by atoms with van der Waals surface area (Å²) in [6.07, 6.45) is 0.959. The Hall–Kier alpha value is -3.04. The quantitative estimate of drug-likeness (QED) is 0.429. The van der Waals surface area contributed by atoms with Gasteiger partial charge < -0.3 is 4.42 Å². The second-order valence-electron chi connectivity index (χ2n) is 6.28. The minimum absolute atomic E-state index is 0.697. The molecular formula is C23H19ClN2O. The topological polar surface area (TPSA) is 37.5 Å². The van der Waals surface area contributed by atoms with Crippen LogP contribution in [0.4, 0.5) is 5.69 Å². The molecule has 0 unspecified atom stereocenters. The van der Waals surface area contributed by atoms with Crippen LogP contribution in [0.15, 0.2) is 88.4 Å². The van der Waals surface area contributed by atoms with Gasteiger partial charge >= 0.3 is 0 Å². The van der Waals surface area contributed by atoms with E-state index in [1.807, 2.05) is 66.7 Å². The van der Waals surface area contributed by atoms with E-state index in [1.54, 1.807) is 0 Å². The largest absolute Gasteiger partial charge is 0.456 e. The summed E-state index contributed by atoms with van der Waals surface area (Å²) in [5.74, 6) is 0.747. The number of fused-ring (bicyclic) bond motifs is 1. The van der Waals surface area contributed by atoms with Gasteiger partial charge in [0.15, 0.2) is 0 Å². The maximum absolute atomic E-state index is 6.15. The van der Waals surface area contributed by atoms with Crippen LogP contribution >= 0.6 is 11.6 Å². The molecule has 0 atom stereocenters. The Bertz CT molecular complexity index is 1130. The number of para-hydroxylation sites is 1. The predicted molar refractivity (Wildman–Crippen MR) is 112 cm³/mol. The van der Waals surface area contributed by atoms with Crippen molar-refractivity contribution >= 4 is 28.3 Å². The van der Waals surface area contributed by atoms with Crippen molar-refractivity contribution in [3.63, 3.8) is 0 Å². The minimum Gasteiger partial charge on any atom is -0.456 e. The maximum atomic E-state index is 6.15. The molecule has 1 heterocycles. The SMILES string of the molecule is CCc1ccc2oc(-c3ccc(Cl)cc3)c/c(=N/Nc3ccccc3)c2c1. The predicted octanol–water partition coefficient (Wildman–Crippen LogP) is 6.24. The van der Waals surface area contributed by atoms with Crippen LogP contribution in [0.1, 0.15) is 12.5 Å². The number of aryl methyl sites for hydroxylation is 1. The van der Waals surface area contributed by atoms with Gasteiger partial charge in [0.2, 0.25) is 0 Å². The summed E-state index contributed by atoms with van der Waals surface area (Å²) in [6.45, 7) is 2.14. The molecule has 0 aliphatic rings. The monoisotopic (exact) mass is 374 g/mol. The standard InChI is InChI=1S/C23H19ClN2O/c1-2-16-8-13-22-20(14-16)21(26-25-19-6-4-3-5-7-19)15-23(27-22)17-9-11-18(24)12-10-17/h3-15,25H,2H2,1H3/b26-21-. The Labute approximate surface area is 162 Å². The van der Waals surface area contributed by atoms with Crippen LogP contribution in [-0.2, 0) is 6.42 Å². The van der Waals surface area contributed by atoms with Gasteiger partial charge in [0.1, 0.15) is 11.3 Å². The van der Waals surface area contributed by atoms with Gasteiger partial charge in [0, 0.05) is 22.0 Å². The third-order valence-corrected chi connectivity index (χ3v) is 4.68. The van der Waals surface area contributed by atoms with Crippen LogP contribution in [0.5, 0.6) is 0 Å². The van der Waals surface area contributed by atoms with Gasteiger partial charge in [-0.25, -0.2) is 0 Å². The van der Waals surface area contributed by atoms with Crippen LogP contribution in [0.25, 0.3) is 22.3 Å². The summed E-state index contributed by atoms with van der Waals surface area (Å²) in [6, 6.07) is 25.7. The number of nitrogens with zero attached hydrogens (tertiary/aromatic N) is 1. The van der Waals surface area contributed by atoms with E-state index in [0.717, 1.165) is 39.8 Å². The molecule has 4 rings (SSSR count). The molecule has 3 nitrogen and oxygen atoms in total. The highest BCUT2D eigenvalue weighted by Crippen LogP contribution is 2.24. The third kappa shape index (κ3) is 3.88. The smallest absolute Gasteiger partial charge is 0.136 e. The molecule has 0 amide bonds. The van der Waals surface area contributed by atoms with Crippen molar-refractivity contribution in [2.45, 2.75) is 13.3 Å². The molecular weight excluding hydrogens is 356 g/mol. The van der Waals surface area contributed by atoms with Crippen molar-refractivity contribution in [1.82, 2.24) is 0 Å². The lowest BCUT2D eigenvalue weighted by molar-refractivity contribution is 0.618. The van der Waals surface area contributed by atoms with Crippen molar-refractivity contribution in [2.75, 3.05) is 5.43 Å². The Morgan fingerprint density at radius 3 is 2.44 bits per heavy atom. The van der Waals surface area contributed by atoms with E-state index < -0.39 is 0 Å². The highest BCUT2D eigenvalue weighted by molar-refractivity contribution is 6.30. The molecule has 0 spiro atoms. The van der Waals surface area contributed by atoms with E-state index in [4.69, 9.17) is 16.0 Å². The molecule has 0 aliphatic heterocycles. The summed E-state index contributed by atoms with van der Waals surface area (Å²) in [7, 11) is 0. The van der Waals surface area contributed by atoms with Crippen LogP contribution in [-0.4, -0.2) is 0 Å². The van der Waals surface area contributed by atoms with Crippen molar-refractivity contribution in [3.05, 3.63) is 94.8 Å². The minimum atomic E-state index is 0.697. The van der Waals surface area contributed by atoms with Crippen molar-refractivity contribution in [3.8, 4) is 11.3 Å². The number of anilines is 1. The lowest BCUT2D eigenvalue weighted by Gasteiger charge is -2.07. The number of benzene rings is 3. The second-order valence-corrected chi connectivity index (χ2v) is 6.71.